The molecule has 4 aliphatic rings. The van der Waals surface area contributed by atoms with Crippen LogP contribution in [0, 0.1) is 24.7 Å². The average molecular weight is 374 g/mol. The Labute approximate surface area is 161 Å². The van der Waals surface area contributed by atoms with E-state index in [1.54, 1.807) is 0 Å². The van der Waals surface area contributed by atoms with Crippen molar-refractivity contribution in [3.8, 4) is 0 Å². The fraction of sp³-hybridized carbons (Fsp3) is 0.850. The minimum atomic E-state index is 0.305. The lowest BCUT2D eigenvalue weighted by molar-refractivity contribution is -0.133. The van der Waals surface area contributed by atoms with Gasteiger partial charge in [0.05, 0.1) is 0 Å². The lowest BCUT2D eigenvalue weighted by Gasteiger charge is -2.42. The third-order valence-corrected chi connectivity index (χ3v) is 7.54. The molecule has 1 aromatic heterocycles. The number of aromatic nitrogens is 2. The van der Waals surface area contributed by atoms with Crippen molar-refractivity contribution in [2.75, 3.05) is 31.1 Å². The summed E-state index contributed by atoms with van der Waals surface area (Å²) in [6.45, 7) is 9.96. The summed E-state index contributed by atoms with van der Waals surface area (Å²) in [5.41, 5.74) is 0. The first kappa shape index (κ1) is 17.5. The highest BCUT2D eigenvalue weighted by Gasteiger charge is 2.61. The Morgan fingerprint density at radius 2 is 1.74 bits per heavy atom. The number of hydrogen-bond donors (Lipinski definition) is 0. The summed E-state index contributed by atoms with van der Waals surface area (Å²) in [5, 5.41) is 3.98. The van der Waals surface area contributed by atoms with Crippen LogP contribution in [0.2, 0.25) is 0 Å². The third-order valence-electron chi connectivity index (χ3n) is 7.54. The largest absolute Gasteiger partial charge is 0.343 e. The number of piperidine rings is 2. The Bertz CT molecular complexity index is 691. The first-order valence-corrected chi connectivity index (χ1v) is 10.7. The van der Waals surface area contributed by atoms with Crippen LogP contribution in [-0.4, -0.2) is 70.2 Å². The normalized spacial score (nSPS) is 37.5. The molecule has 1 saturated carbocycles. The fourth-order valence-corrected chi connectivity index (χ4v) is 6.12. The van der Waals surface area contributed by atoms with E-state index in [1.165, 1.54) is 25.7 Å². The van der Waals surface area contributed by atoms with Crippen LogP contribution in [0.4, 0.5) is 6.01 Å². The zero-order valence-corrected chi connectivity index (χ0v) is 16.7. The van der Waals surface area contributed by atoms with Crippen molar-refractivity contribution in [1.29, 1.82) is 0 Å². The second-order valence-corrected chi connectivity index (χ2v) is 8.86. The van der Waals surface area contributed by atoms with Gasteiger partial charge in [0.25, 0.3) is 0 Å². The second kappa shape index (κ2) is 6.47. The highest BCUT2D eigenvalue weighted by Crippen LogP contribution is 2.54. The van der Waals surface area contributed by atoms with Gasteiger partial charge in [-0.3, -0.25) is 9.69 Å². The van der Waals surface area contributed by atoms with E-state index in [0.717, 1.165) is 32.0 Å². The monoisotopic (exact) mass is 373 g/mol. The maximum atomic E-state index is 12.7. The van der Waals surface area contributed by atoms with Crippen LogP contribution in [-0.2, 0) is 4.79 Å². The van der Waals surface area contributed by atoms with Crippen molar-refractivity contribution < 1.29 is 9.32 Å². The molecule has 4 fully saturated rings. The second-order valence-electron chi connectivity index (χ2n) is 8.86. The van der Waals surface area contributed by atoms with Gasteiger partial charge in [0.1, 0.15) is 0 Å². The third kappa shape index (κ3) is 2.77. The molecule has 1 amide bonds. The van der Waals surface area contributed by atoms with Gasteiger partial charge in [-0.1, -0.05) is 5.16 Å². The zero-order valence-electron chi connectivity index (χ0n) is 16.7. The number of nitrogens with zero attached hydrogens (tertiary/aromatic N) is 5. The van der Waals surface area contributed by atoms with E-state index in [2.05, 4.69) is 33.8 Å². The molecule has 5 rings (SSSR count). The van der Waals surface area contributed by atoms with E-state index >= 15 is 0 Å². The van der Waals surface area contributed by atoms with Crippen molar-refractivity contribution in [3.63, 3.8) is 0 Å². The molecular weight excluding hydrogens is 342 g/mol. The Kier molecular flexibility index (Phi) is 4.18. The molecule has 27 heavy (non-hydrogen) atoms. The number of aryl methyl sites for hydroxylation is 1. The van der Waals surface area contributed by atoms with Gasteiger partial charge < -0.3 is 14.3 Å². The number of carbonyl (C=O) groups is 1. The summed E-state index contributed by atoms with van der Waals surface area (Å²) in [4.78, 5) is 24.2. The molecule has 2 bridgehead atoms. The van der Waals surface area contributed by atoms with Gasteiger partial charge in [0.2, 0.25) is 5.91 Å². The number of likely N-dealkylation sites (tertiary alicyclic amines) is 1. The van der Waals surface area contributed by atoms with Gasteiger partial charge in [-0.25, -0.2) is 0 Å². The van der Waals surface area contributed by atoms with Crippen LogP contribution < -0.4 is 4.90 Å². The minimum absolute atomic E-state index is 0.305. The Morgan fingerprint density at radius 3 is 2.26 bits per heavy atom. The van der Waals surface area contributed by atoms with Gasteiger partial charge in [-0.15, -0.1) is 0 Å². The number of amides is 1. The maximum absolute atomic E-state index is 12.7. The van der Waals surface area contributed by atoms with Gasteiger partial charge in [0.15, 0.2) is 5.82 Å². The molecule has 148 valence electrons. The van der Waals surface area contributed by atoms with E-state index in [4.69, 9.17) is 4.52 Å². The number of rotatable bonds is 5. The molecule has 4 atom stereocenters. The molecule has 1 aliphatic carbocycles. The zero-order chi connectivity index (χ0) is 18.7. The fourth-order valence-electron chi connectivity index (χ4n) is 6.12. The maximum Gasteiger partial charge on any atom is 0.324 e. The molecule has 4 unspecified atom stereocenters. The van der Waals surface area contributed by atoms with Crippen LogP contribution in [0.25, 0.3) is 0 Å². The smallest absolute Gasteiger partial charge is 0.324 e. The van der Waals surface area contributed by atoms with Crippen molar-refractivity contribution in [2.24, 2.45) is 17.8 Å². The molecule has 0 aromatic carbocycles. The SMILES string of the molecule is CCN(CC)C(=O)C1C2CN(C3CC4CCC(C3)N4c3nc(C)no3)CC21. The van der Waals surface area contributed by atoms with E-state index in [0.29, 0.717) is 47.8 Å². The van der Waals surface area contributed by atoms with Crippen LogP contribution in [0.3, 0.4) is 0 Å². The number of hydrogen-bond acceptors (Lipinski definition) is 6. The topological polar surface area (TPSA) is 65.7 Å². The van der Waals surface area contributed by atoms with Gasteiger partial charge in [0, 0.05) is 50.2 Å². The van der Waals surface area contributed by atoms with E-state index in [1.807, 2.05) is 11.8 Å². The molecule has 3 saturated heterocycles. The van der Waals surface area contributed by atoms with Crippen LogP contribution in [0.1, 0.15) is 45.4 Å². The van der Waals surface area contributed by atoms with Crippen LogP contribution in [0.5, 0.6) is 0 Å². The van der Waals surface area contributed by atoms with E-state index in [9.17, 15) is 4.79 Å². The molecule has 0 spiro atoms. The van der Waals surface area contributed by atoms with Crippen LogP contribution >= 0.6 is 0 Å². The van der Waals surface area contributed by atoms with Gasteiger partial charge >= 0.3 is 6.01 Å². The Hall–Kier alpha value is -1.63. The lowest BCUT2D eigenvalue weighted by Crippen LogP contribution is -2.51. The van der Waals surface area contributed by atoms with Crippen molar-refractivity contribution in [3.05, 3.63) is 5.82 Å². The molecule has 1 aromatic rings. The molecule has 7 nitrogen and oxygen atoms in total. The summed E-state index contributed by atoms with van der Waals surface area (Å²) >= 11 is 0. The average Bonchev–Trinajstić information content (AvgIpc) is 2.97. The van der Waals surface area contributed by atoms with Crippen molar-refractivity contribution in [1.82, 2.24) is 19.9 Å². The molecule has 7 heteroatoms. The molecule has 0 N–H and O–H groups in total. The summed E-state index contributed by atoms with van der Waals surface area (Å²) in [6.07, 6.45) is 4.83. The number of carbonyl (C=O) groups excluding carboxylic acids is 1. The quantitative estimate of drug-likeness (QED) is 0.786. The Balaban J connectivity index is 1.20. The molecule has 0 radical (unpaired) electrons. The summed E-state index contributed by atoms with van der Waals surface area (Å²) < 4.78 is 5.46. The predicted octanol–water partition coefficient (Wildman–Crippen LogP) is 1.92. The summed E-state index contributed by atoms with van der Waals surface area (Å²) in [7, 11) is 0. The number of fused-ring (bicyclic) bond motifs is 3. The number of anilines is 1. The highest BCUT2D eigenvalue weighted by atomic mass is 16.5. The summed E-state index contributed by atoms with van der Waals surface area (Å²) in [6, 6.07) is 2.42. The first-order valence-electron chi connectivity index (χ1n) is 10.7. The molecular formula is C20H31N5O2. The lowest BCUT2D eigenvalue weighted by atomic mass is 9.96. The predicted molar refractivity (Wildman–Crippen MR) is 101 cm³/mol. The van der Waals surface area contributed by atoms with Gasteiger partial charge in [-0.05, 0) is 58.3 Å². The van der Waals surface area contributed by atoms with Gasteiger partial charge in [-0.2, -0.15) is 4.98 Å². The first-order chi connectivity index (χ1) is 13.1. The van der Waals surface area contributed by atoms with Crippen LogP contribution in [0.15, 0.2) is 4.52 Å². The minimum Gasteiger partial charge on any atom is -0.343 e. The van der Waals surface area contributed by atoms with Crippen molar-refractivity contribution in [2.45, 2.75) is 64.6 Å². The molecule has 4 heterocycles. The van der Waals surface area contributed by atoms with E-state index in [-0.39, 0.29) is 0 Å². The standard InChI is InChI=1S/C20H31N5O2/c1-4-23(5-2)19(26)18-16-10-24(11-17(16)18)15-8-13-6-7-14(9-15)25(13)20-21-12(3)22-27-20/h13-18H,4-11H2,1-3H3. The highest BCUT2D eigenvalue weighted by molar-refractivity contribution is 5.82. The van der Waals surface area contributed by atoms with Crippen molar-refractivity contribution >= 4 is 11.9 Å². The molecule has 3 aliphatic heterocycles. The van der Waals surface area contributed by atoms with E-state index < -0.39 is 0 Å². The Morgan fingerprint density at radius 1 is 1.11 bits per heavy atom. The summed E-state index contributed by atoms with van der Waals surface area (Å²) in [5.74, 6) is 2.63.